The average molecular weight is 278 g/mol. The number of aliphatic hydroxyl groups is 1. The molecule has 0 fully saturated rings. The molecule has 0 saturated heterocycles. The van der Waals surface area contributed by atoms with Gasteiger partial charge in [-0.15, -0.1) is 0 Å². The molecule has 3 nitrogen and oxygen atoms in total. The molecule has 1 heterocycles. The third kappa shape index (κ3) is 2.16. The van der Waals surface area contributed by atoms with Crippen LogP contribution in [-0.2, 0) is 0 Å². The van der Waals surface area contributed by atoms with Crippen molar-refractivity contribution in [2.75, 3.05) is 6.61 Å². The zero-order valence-electron chi connectivity index (χ0n) is 12.0. The van der Waals surface area contributed by atoms with E-state index >= 15 is 0 Å². The van der Waals surface area contributed by atoms with Gasteiger partial charge in [-0.05, 0) is 24.8 Å². The summed E-state index contributed by atoms with van der Waals surface area (Å²) in [6.45, 7) is 3.11. The SMILES string of the molecule is [B]C1(C)C=Cc2c(C(=O)CO)c(C)c3ccccc3c2O1. The van der Waals surface area contributed by atoms with E-state index in [-0.39, 0.29) is 5.78 Å². The molecule has 0 spiro atoms. The lowest BCUT2D eigenvalue weighted by Gasteiger charge is -2.31. The predicted molar refractivity (Wildman–Crippen MR) is 83.9 cm³/mol. The van der Waals surface area contributed by atoms with Crippen molar-refractivity contribution in [3.05, 3.63) is 47.0 Å². The summed E-state index contributed by atoms with van der Waals surface area (Å²) in [7, 11) is 6.04. The Morgan fingerprint density at radius 3 is 2.67 bits per heavy atom. The summed E-state index contributed by atoms with van der Waals surface area (Å²) >= 11 is 0. The topological polar surface area (TPSA) is 46.5 Å². The lowest BCUT2D eigenvalue weighted by atomic mass is 9.79. The van der Waals surface area contributed by atoms with Crippen LogP contribution in [0.25, 0.3) is 16.8 Å². The molecule has 2 aromatic carbocycles. The molecule has 104 valence electrons. The number of carbonyl (C=O) groups excluding carboxylic acids is 1. The van der Waals surface area contributed by atoms with Gasteiger partial charge in [0, 0.05) is 16.5 Å². The van der Waals surface area contributed by atoms with Gasteiger partial charge in [0.15, 0.2) is 5.78 Å². The Hall–Kier alpha value is -2.07. The normalized spacial score (nSPS) is 20.1. The Morgan fingerprint density at radius 2 is 2.00 bits per heavy atom. The van der Waals surface area contributed by atoms with Gasteiger partial charge in [0.2, 0.25) is 0 Å². The number of hydrogen-bond donors (Lipinski definition) is 1. The van der Waals surface area contributed by atoms with Crippen molar-refractivity contribution in [2.45, 2.75) is 19.3 Å². The van der Waals surface area contributed by atoms with Gasteiger partial charge in [-0.1, -0.05) is 36.4 Å². The van der Waals surface area contributed by atoms with Gasteiger partial charge >= 0.3 is 0 Å². The molecule has 1 aliphatic heterocycles. The molecular formula is C17H15BO3. The van der Waals surface area contributed by atoms with E-state index in [9.17, 15) is 9.90 Å². The molecule has 0 saturated carbocycles. The van der Waals surface area contributed by atoms with E-state index in [1.54, 1.807) is 19.1 Å². The number of Topliss-reactive ketones (excluding diaryl/α,β-unsaturated/α-hetero) is 1. The van der Waals surface area contributed by atoms with Gasteiger partial charge in [-0.3, -0.25) is 4.79 Å². The fourth-order valence-corrected chi connectivity index (χ4v) is 2.81. The van der Waals surface area contributed by atoms with E-state index < -0.39 is 12.1 Å². The van der Waals surface area contributed by atoms with Gasteiger partial charge < -0.3 is 9.84 Å². The maximum atomic E-state index is 12.1. The molecule has 1 atom stereocenters. The largest absolute Gasteiger partial charge is 0.492 e. The highest BCUT2D eigenvalue weighted by Crippen LogP contribution is 2.41. The summed E-state index contributed by atoms with van der Waals surface area (Å²) in [6.07, 6.45) is 3.53. The van der Waals surface area contributed by atoms with Gasteiger partial charge in [-0.2, -0.15) is 0 Å². The molecule has 2 aromatic rings. The number of ether oxygens (including phenoxy) is 1. The molecule has 1 aliphatic rings. The van der Waals surface area contributed by atoms with E-state index in [4.69, 9.17) is 12.6 Å². The molecular weight excluding hydrogens is 263 g/mol. The maximum absolute atomic E-state index is 12.1. The van der Waals surface area contributed by atoms with Gasteiger partial charge in [-0.25, -0.2) is 0 Å². The molecule has 0 aromatic heterocycles. The number of ketones is 1. The second kappa shape index (κ2) is 4.74. The minimum Gasteiger partial charge on any atom is -0.492 e. The molecule has 2 radical (unpaired) electrons. The second-order valence-corrected chi connectivity index (χ2v) is 5.49. The van der Waals surface area contributed by atoms with E-state index in [1.165, 1.54) is 0 Å². The van der Waals surface area contributed by atoms with Crippen LogP contribution >= 0.6 is 0 Å². The number of rotatable bonds is 2. The van der Waals surface area contributed by atoms with Crippen molar-refractivity contribution in [2.24, 2.45) is 0 Å². The first-order valence-electron chi connectivity index (χ1n) is 6.81. The minimum atomic E-state index is -0.912. The first-order valence-corrected chi connectivity index (χ1v) is 6.81. The van der Waals surface area contributed by atoms with Crippen LogP contribution in [0.2, 0.25) is 0 Å². The van der Waals surface area contributed by atoms with Crippen molar-refractivity contribution in [3.8, 4) is 5.75 Å². The summed E-state index contributed by atoms with van der Waals surface area (Å²) in [4.78, 5) is 12.1. The van der Waals surface area contributed by atoms with Crippen LogP contribution in [0.3, 0.4) is 0 Å². The Bertz CT molecular complexity index is 775. The Balaban J connectivity index is 2.43. The highest BCUT2D eigenvalue weighted by atomic mass is 16.5. The van der Waals surface area contributed by atoms with Crippen LogP contribution in [-0.4, -0.2) is 30.8 Å². The summed E-state index contributed by atoms with van der Waals surface area (Å²) in [6, 6.07) is 7.72. The lowest BCUT2D eigenvalue weighted by molar-refractivity contribution is 0.0902. The number of aliphatic hydroxyl groups excluding tert-OH is 1. The van der Waals surface area contributed by atoms with Crippen LogP contribution in [0.4, 0.5) is 0 Å². The summed E-state index contributed by atoms with van der Waals surface area (Å²) in [5.41, 5.74) is 1.12. The van der Waals surface area contributed by atoms with Crippen molar-refractivity contribution in [3.63, 3.8) is 0 Å². The third-order valence-corrected chi connectivity index (χ3v) is 3.79. The van der Waals surface area contributed by atoms with E-state index in [0.29, 0.717) is 16.9 Å². The molecule has 0 amide bonds. The van der Waals surface area contributed by atoms with Crippen molar-refractivity contribution >= 4 is 30.5 Å². The fraction of sp³-hybridized carbons (Fsp3) is 0.235. The Labute approximate surface area is 124 Å². The standard InChI is InChI=1S/C17H15BO3/c1-10-11-5-3-4-6-12(11)16-13(15(10)14(20)9-19)7-8-17(2,18)21-16/h3-8,19H,9H2,1-2H3. The van der Waals surface area contributed by atoms with Crippen molar-refractivity contribution in [1.82, 2.24) is 0 Å². The zero-order valence-corrected chi connectivity index (χ0v) is 12.0. The summed E-state index contributed by atoms with van der Waals surface area (Å²) in [5, 5.41) is 11.1. The van der Waals surface area contributed by atoms with Crippen LogP contribution in [0.15, 0.2) is 30.3 Å². The number of carbonyl (C=O) groups is 1. The number of benzene rings is 2. The quantitative estimate of drug-likeness (QED) is 0.678. The van der Waals surface area contributed by atoms with Gasteiger partial charge in [0.25, 0.3) is 0 Å². The molecule has 0 aliphatic carbocycles. The van der Waals surface area contributed by atoms with Crippen molar-refractivity contribution < 1.29 is 14.6 Å². The number of aryl methyl sites for hydroxylation is 1. The first kappa shape index (κ1) is 13.9. The predicted octanol–water partition coefficient (Wildman–Crippen LogP) is 2.61. The van der Waals surface area contributed by atoms with Gasteiger partial charge in [0.1, 0.15) is 20.2 Å². The van der Waals surface area contributed by atoms with E-state index in [1.807, 2.05) is 31.2 Å². The van der Waals surface area contributed by atoms with Crippen LogP contribution in [0, 0.1) is 6.92 Å². The Kier molecular flexibility index (Phi) is 3.14. The monoisotopic (exact) mass is 278 g/mol. The minimum absolute atomic E-state index is 0.316. The second-order valence-electron chi connectivity index (χ2n) is 5.49. The van der Waals surface area contributed by atoms with E-state index in [2.05, 4.69) is 0 Å². The molecule has 21 heavy (non-hydrogen) atoms. The van der Waals surface area contributed by atoms with Crippen LogP contribution in [0.1, 0.15) is 28.4 Å². The van der Waals surface area contributed by atoms with Crippen LogP contribution < -0.4 is 4.74 Å². The van der Waals surface area contributed by atoms with Crippen LogP contribution in [0.5, 0.6) is 5.75 Å². The van der Waals surface area contributed by atoms with Crippen molar-refractivity contribution in [1.29, 1.82) is 0 Å². The summed E-state index contributed by atoms with van der Waals surface area (Å²) in [5.74, 6) is 0.281. The first-order chi connectivity index (χ1) is 9.94. The molecule has 4 heteroatoms. The lowest BCUT2D eigenvalue weighted by Crippen LogP contribution is -2.32. The molecule has 3 rings (SSSR count). The highest BCUT2D eigenvalue weighted by molar-refractivity contribution is 6.17. The molecule has 1 unspecified atom stereocenters. The number of hydrogen-bond acceptors (Lipinski definition) is 3. The molecule has 0 bridgehead atoms. The zero-order chi connectivity index (χ0) is 15.2. The Morgan fingerprint density at radius 1 is 1.33 bits per heavy atom. The highest BCUT2D eigenvalue weighted by Gasteiger charge is 2.28. The smallest absolute Gasteiger partial charge is 0.189 e. The average Bonchev–Trinajstić information content (AvgIpc) is 2.47. The third-order valence-electron chi connectivity index (χ3n) is 3.79. The van der Waals surface area contributed by atoms with Gasteiger partial charge in [0.05, 0.1) is 5.50 Å². The fourth-order valence-electron chi connectivity index (χ4n) is 2.81. The number of fused-ring (bicyclic) bond motifs is 3. The summed E-state index contributed by atoms with van der Waals surface area (Å²) < 4.78 is 5.88. The molecule has 1 N–H and O–H groups in total. The maximum Gasteiger partial charge on any atom is 0.189 e. The van der Waals surface area contributed by atoms with E-state index in [0.717, 1.165) is 16.3 Å².